The van der Waals surface area contributed by atoms with E-state index in [0.717, 1.165) is 105 Å². The van der Waals surface area contributed by atoms with Crippen LogP contribution in [0.3, 0.4) is 0 Å². The Hall–Kier alpha value is -7.43. The Labute approximate surface area is 317 Å². The molecule has 4 nitrogen and oxygen atoms in total. The van der Waals surface area contributed by atoms with Crippen molar-refractivity contribution in [2.45, 2.75) is 0 Å². The van der Waals surface area contributed by atoms with E-state index in [2.05, 4.69) is 146 Å². The van der Waals surface area contributed by atoms with Crippen molar-refractivity contribution >= 4 is 54.5 Å². The van der Waals surface area contributed by atoms with Gasteiger partial charge in [-0.05, 0) is 47.0 Å². The first-order chi connectivity index (χ1) is 27.3. The van der Waals surface area contributed by atoms with Crippen LogP contribution in [0, 0.1) is 0 Å². The molecule has 0 unspecified atom stereocenters. The van der Waals surface area contributed by atoms with Crippen LogP contribution in [0.25, 0.3) is 111 Å². The van der Waals surface area contributed by atoms with Crippen LogP contribution >= 0.6 is 0 Å². The number of aromatic nitrogens is 3. The minimum Gasteiger partial charge on any atom is -0.456 e. The number of hydrogen-bond donors (Lipinski definition) is 0. The Kier molecular flexibility index (Phi) is 7.14. The van der Waals surface area contributed by atoms with Gasteiger partial charge in [-0.1, -0.05) is 158 Å². The highest BCUT2D eigenvalue weighted by Gasteiger charge is 2.22. The molecular weight excluding hydrogens is 671 g/mol. The monoisotopic (exact) mass is 701 g/mol. The Balaban J connectivity index is 1.11. The highest BCUT2D eigenvalue weighted by molar-refractivity contribution is 6.27. The number of benzene rings is 8. The van der Waals surface area contributed by atoms with E-state index in [4.69, 9.17) is 19.4 Å². The summed E-state index contributed by atoms with van der Waals surface area (Å²) in [6.45, 7) is 0. The quantitative estimate of drug-likeness (QED) is 0.168. The Bertz CT molecular complexity index is 3240. The zero-order valence-corrected chi connectivity index (χ0v) is 29.6. The number of furan rings is 1. The number of para-hydroxylation sites is 3. The first-order valence-corrected chi connectivity index (χ1v) is 18.5. The third-order valence-corrected chi connectivity index (χ3v) is 10.7. The van der Waals surface area contributed by atoms with Gasteiger partial charge in [0.15, 0.2) is 5.82 Å². The maximum Gasteiger partial charge on any atom is 0.160 e. The molecule has 0 atom stereocenters. The molecule has 0 radical (unpaired) electrons. The molecule has 11 rings (SSSR count). The predicted molar refractivity (Wildman–Crippen MR) is 227 cm³/mol. The highest BCUT2D eigenvalue weighted by atomic mass is 16.3. The summed E-state index contributed by atoms with van der Waals surface area (Å²) in [6.07, 6.45) is 0. The molecule has 256 valence electrons. The molecule has 0 aliphatic carbocycles. The van der Waals surface area contributed by atoms with E-state index in [-0.39, 0.29) is 0 Å². The molecule has 3 aromatic heterocycles. The van der Waals surface area contributed by atoms with Crippen LogP contribution in [0.4, 0.5) is 0 Å². The van der Waals surface area contributed by atoms with E-state index >= 15 is 0 Å². The standard InChI is InChI=1S/C51H31N3O/c1-3-14-33(15-4-1)50-41-31-45-48(40-22-9-12-25-44(40)55-45)46(47(41)38-20-7-10-23-42(38)52-50)37-19-13-18-36(30-37)32-26-28-34(29-27-32)49-39-21-8-11-24-43(39)53-51(54-49)35-16-5-2-6-17-35/h1-31H. The zero-order chi connectivity index (χ0) is 36.3. The molecule has 3 heterocycles. The van der Waals surface area contributed by atoms with Crippen LogP contribution < -0.4 is 0 Å². The Morgan fingerprint density at radius 3 is 1.65 bits per heavy atom. The van der Waals surface area contributed by atoms with Crippen LogP contribution in [0.5, 0.6) is 0 Å². The minimum atomic E-state index is 0.720. The molecule has 8 aromatic carbocycles. The van der Waals surface area contributed by atoms with E-state index in [0.29, 0.717) is 0 Å². The van der Waals surface area contributed by atoms with Gasteiger partial charge in [-0.25, -0.2) is 15.0 Å². The number of hydrogen-bond acceptors (Lipinski definition) is 4. The number of fused-ring (bicyclic) bond motifs is 7. The second-order valence-corrected chi connectivity index (χ2v) is 13.9. The van der Waals surface area contributed by atoms with Gasteiger partial charge in [0.1, 0.15) is 11.2 Å². The fraction of sp³-hybridized carbons (Fsp3) is 0. The maximum absolute atomic E-state index is 6.62. The van der Waals surface area contributed by atoms with E-state index in [1.807, 2.05) is 42.5 Å². The lowest BCUT2D eigenvalue weighted by atomic mass is 9.88. The molecule has 0 saturated heterocycles. The van der Waals surface area contributed by atoms with Gasteiger partial charge in [-0.2, -0.15) is 0 Å². The Morgan fingerprint density at radius 2 is 0.873 bits per heavy atom. The van der Waals surface area contributed by atoms with Crippen molar-refractivity contribution in [2.75, 3.05) is 0 Å². The third kappa shape index (κ3) is 5.19. The molecule has 0 aliphatic heterocycles. The van der Waals surface area contributed by atoms with Gasteiger partial charge in [0, 0.05) is 54.6 Å². The lowest BCUT2D eigenvalue weighted by Gasteiger charge is -2.16. The van der Waals surface area contributed by atoms with E-state index in [1.54, 1.807) is 0 Å². The lowest BCUT2D eigenvalue weighted by molar-refractivity contribution is 0.669. The van der Waals surface area contributed by atoms with Crippen LogP contribution in [0.15, 0.2) is 192 Å². The van der Waals surface area contributed by atoms with Crippen LogP contribution in [0.1, 0.15) is 0 Å². The second-order valence-electron chi connectivity index (χ2n) is 13.9. The highest BCUT2D eigenvalue weighted by Crippen LogP contribution is 2.46. The van der Waals surface area contributed by atoms with Gasteiger partial charge in [-0.15, -0.1) is 0 Å². The smallest absolute Gasteiger partial charge is 0.160 e. The topological polar surface area (TPSA) is 51.8 Å². The van der Waals surface area contributed by atoms with E-state index < -0.39 is 0 Å². The lowest BCUT2D eigenvalue weighted by Crippen LogP contribution is -1.95. The molecule has 0 saturated carbocycles. The largest absolute Gasteiger partial charge is 0.456 e. The summed E-state index contributed by atoms with van der Waals surface area (Å²) in [4.78, 5) is 15.3. The van der Waals surface area contributed by atoms with Crippen LogP contribution in [-0.2, 0) is 0 Å². The van der Waals surface area contributed by atoms with Crippen molar-refractivity contribution in [1.82, 2.24) is 15.0 Å². The molecule has 0 amide bonds. The summed E-state index contributed by atoms with van der Waals surface area (Å²) in [5.74, 6) is 0.720. The van der Waals surface area contributed by atoms with Gasteiger partial charge in [0.25, 0.3) is 0 Å². The number of pyridine rings is 1. The van der Waals surface area contributed by atoms with Crippen molar-refractivity contribution in [2.24, 2.45) is 0 Å². The van der Waals surface area contributed by atoms with Crippen molar-refractivity contribution < 1.29 is 4.42 Å². The van der Waals surface area contributed by atoms with E-state index in [9.17, 15) is 0 Å². The predicted octanol–water partition coefficient (Wildman–Crippen LogP) is 13.6. The zero-order valence-electron chi connectivity index (χ0n) is 29.6. The average molecular weight is 702 g/mol. The fourth-order valence-electron chi connectivity index (χ4n) is 8.11. The van der Waals surface area contributed by atoms with Crippen LogP contribution in [0.2, 0.25) is 0 Å². The molecule has 0 N–H and O–H groups in total. The summed E-state index contributed by atoms with van der Waals surface area (Å²) in [7, 11) is 0. The van der Waals surface area contributed by atoms with Crippen molar-refractivity contribution in [3.8, 4) is 56.2 Å². The number of nitrogens with zero attached hydrogens (tertiary/aromatic N) is 3. The van der Waals surface area contributed by atoms with Gasteiger partial charge in [0.2, 0.25) is 0 Å². The first kappa shape index (κ1) is 31.1. The van der Waals surface area contributed by atoms with Crippen molar-refractivity contribution in [3.63, 3.8) is 0 Å². The molecule has 0 bridgehead atoms. The maximum atomic E-state index is 6.62. The molecule has 55 heavy (non-hydrogen) atoms. The average Bonchev–Trinajstić information content (AvgIpc) is 3.64. The molecular formula is C51H31N3O. The third-order valence-electron chi connectivity index (χ3n) is 10.7. The fourth-order valence-corrected chi connectivity index (χ4v) is 8.11. The van der Waals surface area contributed by atoms with Gasteiger partial charge >= 0.3 is 0 Å². The number of rotatable bonds is 5. The first-order valence-electron chi connectivity index (χ1n) is 18.5. The molecule has 11 aromatic rings. The Morgan fingerprint density at radius 1 is 0.309 bits per heavy atom. The minimum absolute atomic E-state index is 0.720. The summed E-state index contributed by atoms with van der Waals surface area (Å²) < 4.78 is 6.62. The second kappa shape index (κ2) is 12.6. The van der Waals surface area contributed by atoms with Gasteiger partial charge in [0.05, 0.1) is 22.4 Å². The summed E-state index contributed by atoms with van der Waals surface area (Å²) in [5.41, 5.74) is 13.1. The molecule has 4 heteroatoms. The van der Waals surface area contributed by atoms with Gasteiger partial charge in [-0.3, -0.25) is 0 Å². The normalized spacial score (nSPS) is 11.6. The van der Waals surface area contributed by atoms with Crippen molar-refractivity contribution in [1.29, 1.82) is 0 Å². The SMILES string of the molecule is c1ccc(-c2nc(-c3ccc(-c4cccc(-c5c6c(cc7c(-c8ccccc8)nc8ccccc8c57)oc5ccccc56)c4)cc3)c3ccccc3n2)cc1. The van der Waals surface area contributed by atoms with Crippen molar-refractivity contribution in [3.05, 3.63) is 188 Å². The van der Waals surface area contributed by atoms with E-state index in [1.165, 1.54) is 5.39 Å². The summed E-state index contributed by atoms with van der Waals surface area (Å²) in [6, 6.07) is 65.6. The molecule has 0 spiro atoms. The van der Waals surface area contributed by atoms with Gasteiger partial charge < -0.3 is 4.42 Å². The summed E-state index contributed by atoms with van der Waals surface area (Å²) in [5, 5.41) is 6.57. The molecule has 0 fully saturated rings. The molecule has 0 aliphatic rings. The summed E-state index contributed by atoms with van der Waals surface area (Å²) >= 11 is 0. The van der Waals surface area contributed by atoms with Crippen LogP contribution in [-0.4, -0.2) is 15.0 Å².